The zero-order valence-electron chi connectivity index (χ0n) is 15.6. The number of rotatable bonds is 5. The van der Waals surface area contributed by atoms with Crippen molar-refractivity contribution in [3.63, 3.8) is 0 Å². The molecule has 0 saturated heterocycles. The average Bonchev–Trinajstić information content (AvgIpc) is 2.58. The smallest absolute Gasteiger partial charge is 0.277 e. The van der Waals surface area contributed by atoms with Crippen molar-refractivity contribution >= 4 is 11.6 Å². The Morgan fingerprint density at radius 3 is 2.32 bits per heavy atom. The van der Waals surface area contributed by atoms with Crippen LogP contribution in [0.3, 0.4) is 0 Å². The van der Waals surface area contributed by atoms with Crippen molar-refractivity contribution in [1.82, 2.24) is 5.43 Å². The van der Waals surface area contributed by atoms with Gasteiger partial charge in [0.25, 0.3) is 5.91 Å². The minimum Gasteiger partial charge on any atom is -0.483 e. The molecule has 132 valence electrons. The first-order chi connectivity index (χ1) is 11.8. The van der Waals surface area contributed by atoms with Crippen molar-refractivity contribution in [2.45, 2.75) is 40.0 Å². The molecule has 2 rings (SSSR count). The molecule has 0 radical (unpaired) electrons. The van der Waals surface area contributed by atoms with Crippen molar-refractivity contribution in [3.05, 3.63) is 65.2 Å². The molecule has 0 fully saturated rings. The van der Waals surface area contributed by atoms with Crippen molar-refractivity contribution < 1.29 is 9.53 Å². The topological polar surface area (TPSA) is 50.7 Å². The van der Waals surface area contributed by atoms with E-state index in [1.165, 1.54) is 5.56 Å². The third-order valence-corrected chi connectivity index (χ3v) is 3.97. The van der Waals surface area contributed by atoms with E-state index in [0.717, 1.165) is 16.8 Å². The summed E-state index contributed by atoms with van der Waals surface area (Å²) in [5, 5.41) is 4.16. The average molecular weight is 338 g/mol. The standard InChI is InChI=1S/C21H26N2O2/c1-15-8-6-7-9-19(15)25-14-20(24)23-22-16(2)17-10-12-18(13-11-17)21(3,4)5/h6-13H,14H2,1-5H3,(H,23,24)/b22-16-. The number of hydrogen-bond donors (Lipinski definition) is 1. The highest BCUT2D eigenvalue weighted by atomic mass is 16.5. The quantitative estimate of drug-likeness (QED) is 0.656. The number of hydrogen-bond acceptors (Lipinski definition) is 3. The highest BCUT2D eigenvalue weighted by Gasteiger charge is 2.13. The Morgan fingerprint density at radius 2 is 1.72 bits per heavy atom. The molecule has 25 heavy (non-hydrogen) atoms. The Kier molecular flexibility index (Phi) is 5.97. The van der Waals surface area contributed by atoms with E-state index in [2.05, 4.69) is 43.4 Å². The van der Waals surface area contributed by atoms with Gasteiger partial charge in [-0.05, 0) is 42.0 Å². The lowest BCUT2D eigenvalue weighted by Crippen LogP contribution is -2.25. The number of aryl methyl sites for hydroxylation is 1. The van der Waals surface area contributed by atoms with Gasteiger partial charge in [-0.25, -0.2) is 5.43 Å². The van der Waals surface area contributed by atoms with Gasteiger partial charge in [-0.3, -0.25) is 4.79 Å². The highest BCUT2D eigenvalue weighted by molar-refractivity contribution is 5.99. The lowest BCUT2D eigenvalue weighted by molar-refractivity contribution is -0.123. The minimum atomic E-state index is -0.283. The van der Waals surface area contributed by atoms with Gasteiger partial charge < -0.3 is 4.74 Å². The van der Waals surface area contributed by atoms with Crippen LogP contribution in [0.5, 0.6) is 5.75 Å². The summed E-state index contributed by atoms with van der Waals surface area (Å²) >= 11 is 0. The van der Waals surface area contributed by atoms with Crippen molar-refractivity contribution in [2.24, 2.45) is 5.10 Å². The summed E-state index contributed by atoms with van der Waals surface area (Å²) in [4.78, 5) is 11.9. The molecular weight excluding hydrogens is 312 g/mol. The molecule has 2 aromatic rings. The monoisotopic (exact) mass is 338 g/mol. The number of nitrogens with one attached hydrogen (secondary N) is 1. The van der Waals surface area contributed by atoms with Crippen LogP contribution in [0.2, 0.25) is 0 Å². The van der Waals surface area contributed by atoms with E-state index in [9.17, 15) is 4.79 Å². The highest BCUT2D eigenvalue weighted by Crippen LogP contribution is 2.22. The molecule has 4 nitrogen and oxygen atoms in total. The van der Waals surface area contributed by atoms with Gasteiger partial charge in [0.05, 0.1) is 5.71 Å². The maximum atomic E-state index is 11.9. The fourth-order valence-corrected chi connectivity index (χ4v) is 2.32. The van der Waals surface area contributed by atoms with Crippen LogP contribution in [0.4, 0.5) is 0 Å². The molecule has 2 aromatic carbocycles. The molecule has 0 aromatic heterocycles. The van der Waals surface area contributed by atoms with Gasteiger partial charge in [-0.2, -0.15) is 5.10 Å². The Labute approximate surface area is 149 Å². The maximum absolute atomic E-state index is 11.9. The molecule has 0 heterocycles. The van der Waals surface area contributed by atoms with Gasteiger partial charge in [-0.1, -0.05) is 63.2 Å². The van der Waals surface area contributed by atoms with Crippen LogP contribution in [0.25, 0.3) is 0 Å². The number of para-hydroxylation sites is 1. The molecule has 0 atom stereocenters. The Hall–Kier alpha value is -2.62. The lowest BCUT2D eigenvalue weighted by atomic mass is 9.86. The predicted molar refractivity (Wildman–Crippen MR) is 102 cm³/mol. The number of amides is 1. The molecule has 0 saturated carbocycles. The number of carbonyl (C=O) groups is 1. The van der Waals surface area contributed by atoms with Gasteiger partial charge in [-0.15, -0.1) is 0 Å². The van der Waals surface area contributed by atoms with E-state index in [1.807, 2.05) is 50.2 Å². The van der Waals surface area contributed by atoms with Crippen LogP contribution in [0.15, 0.2) is 53.6 Å². The van der Waals surface area contributed by atoms with E-state index >= 15 is 0 Å². The third kappa shape index (κ3) is 5.45. The lowest BCUT2D eigenvalue weighted by Gasteiger charge is -2.19. The van der Waals surface area contributed by atoms with E-state index < -0.39 is 0 Å². The second-order valence-electron chi connectivity index (χ2n) is 7.11. The molecular formula is C21H26N2O2. The third-order valence-electron chi connectivity index (χ3n) is 3.97. The number of nitrogens with zero attached hydrogens (tertiary/aromatic N) is 1. The van der Waals surface area contributed by atoms with Gasteiger partial charge in [0, 0.05) is 0 Å². The van der Waals surface area contributed by atoms with Gasteiger partial charge >= 0.3 is 0 Å². The zero-order valence-corrected chi connectivity index (χ0v) is 15.6. The summed E-state index contributed by atoms with van der Waals surface area (Å²) in [5.74, 6) is 0.421. The molecule has 4 heteroatoms. The molecule has 1 N–H and O–H groups in total. The summed E-state index contributed by atoms with van der Waals surface area (Å²) in [6.07, 6.45) is 0. The van der Waals surface area contributed by atoms with Crippen LogP contribution < -0.4 is 10.2 Å². The van der Waals surface area contributed by atoms with Crippen LogP contribution in [0, 0.1) is 6.92 Å². The van der Waals surface area contributed by atoms with Crippen LogP contribution in [0.1, 0.15) is 44.4 Å². The minimum absolute atomic E-state index is 0.0649. The second kappa shape index (κ2) is 7.97. The Morgan fingerprint density at radius 1 is 1.08 bits per heavy atom. The van der Waals surface area contributed by atoms with Crippen LogP contribution in [-0.4, -0.2) is 18.2 Å². The van der Waals surface area contributed by atoms with Crippen molar-refractivity contribution in [2.75, 3.05) is 6.61 Å². The predicted octanol–water partition coefficient (Wildman–Crippen LogP) is 4.21. The molecule has 0 spiro atoms. The summed E-state index contributed by atoms with van der Waals surface area (Å²) in [5.41, 5.74) is 6.65. The maximum Gasteiger partial charge on any atom is 0.277 e. The van der Waals surface area contributed by atoms with Gasteiger partial charge in [0.2, 0.25) is 0 Å². The molecule has 0 bridgehead atoms. The van der Waals surface area contributed by atoms with Gasteiger partial charge in [0.1, 0.15) is 5.75 Å². The summed E-state index contributed by atoms with van der Waals surface area (Å²) in [6.45, 7) is 10.3. The van der Waals surface area contributed by atoms with Crippen molar-refractivity contribution in [3.8, 4) is 5.75 Å². The Bertz CT molecular complexity index is 756. The number of hydrazone groups is 1. The van der Waals surface area contributed by atoms with Crippen molar-refractivity contribution in [1.29, 1.82) is 0 Å². The largest absolute Gasteiger partial charge is 0.483 e. The Balaban J connectivity index is 1.92. The van der Waals surface area contributed by atoms with E-state index in [-0.39, 0.29) is 17.9 Å². The summed E-state index contributed by atoms with van der Waals surface area (Å²) < 4.78 is 5.51. The first-order valence-electron chi connectivity index (χ1n) is 8.40. The normalized spacial score (nSPS) is 12.0. The van der Waals surface area contributed by atoms with E-state index in [4.69, 9.17) is 4.74 Å². The first kappa shape index (κ1) is 18.7. The van der Waals surface area contributed by atoms with Crippen LogP contribution in [-0.2, 0) is 10.2 Å². The summed E-state index contributed by atoms with van der Waals surface area (Å²) in [7, 11) is 0. The molecule has 1 amide bonds. The first-order valence-corrected chi connectivity index (χ1v) is 8.40. The number of carbonyl (C=O) groups excluding carboxylic acids is 1. The number of ether oxygens (including phenoxy) is 1. The molecule has 0 unspecified atom stereocenters. The second-order valence-corrected chi connectivity index (χ2v) is 7.11. The number of benzene rings is 2. The molecule has 0 aliphatic heterocycles. The SMILES string of the molecule is C/C(=N/NC(=O)COc1ccccc1C)c1ccc(C(C)(C)C)cc1. The van der Waals surface area contributed by atoms with E-state index in [0.29, 0.717) is 5.75 Å². The fraction of sp³-hybridized carbons (Fsp3) is 0.333. The van der Waals surface area contributed by atoms with Gasteiger partial charge in [0.15, 0.2) is 6.61 Å². The molecule has 0 aliphatic rings. The molecule has 0 aliphatic carbocycles. The van der Waals surface area contributed by atoms with E-state index in [1.54, 1.807) is 0 Å². The zero-order chi connectivity index (χ0) is 18.4. The summed E-state index contributed by atoms with van der Waals surface area (Å²) in [6, 6.07) is 15.8. The van der Waals surface area contributed by atoms with Crippen LogP contribution >= 0.6 is 0 Å². The fourth-order valence-electron chi connectivity index (χ4n) is 2.32.